The Bertz CT molecular complexity index is 484. The van der Waals surface area contributed by atoms with Gasteiger partial charge in [0.25, 0.3) is 0 Å². The Morgan fingerprint density at radius 1 is 1.33 bits per heavy atom. The maximum Gasteiger partial charge on any atom is 0.341 e. The molecule has 1 heterocycles. The number of amides is 1. The van der Waals surface area contributed by atoms with Crippen molar-refractivity contribution in [2.24, 2.45) is 0 Å². The number of hydrogen-bond acceptors (Lipinski definition) is 4. The van der Waals surface area contributed by atoms with Gasteiger partial charge < -0.3 is 14.4 Å². The van der Waals surface area contributed by atoms with Gasteiger partial charge in [-0.1, -0.05) is 0 Å². The van der Waals surface area contributed by atoms with Crippen LogP contribution in [-0.4, -0.2) is 32.6 Å². The predicted octanol–water partition coefficient (Wildman–Crippen LogP) is 1.61. The summed E-state index contributed by atoms with van der Waals surface area (Å²) in [5.74, 6) is 0.0630. The van der Waals surface area contributed by atoms with Crippen LogP contribution in [0.5, 0.6) is 5.75 Å². The second-order valence-electron chi connectivity index (χ2n) is 4.03. The predicted molar refractivity (Wildman–Crippen MR) is 65.9 cm³/mol. The molecule has 0 radical (unpaired) electrons. The van der Waals surface area contributed by atoms with Crippen molar-refractivity contribution in [1.29, 1.82) is 0 Å². The Kier molecular flexibility index (Phi) is 3.50. The largest absolute Gasteiger partial charge is 0.496 e. The van der Waals surface area contributed by atoms with E-state index in [0.717, 1.165) is 12.1 Å². The molecular formula is C13H15NO4. The van der Waals surface area contributed by atoms with Crippen LogP contribution in [-0.2, 0) is 9.53 Å². The third-order valence-corrected chi connectivity index (χ3v) is 2.98. The van der Waals surface area contributed by atoms with Gasteiger partial charge in [0.05, 0.1) is 14.2 Å². The fourth-order valence-electron chi connectivity index (χ4n) is 2.05. The number of anilines is 1. The van der Waals surface area contributed by atoms with Crippen LogP contribution in [0, 0.1) is 0 Å². The van der Waals surface area contributed by atoms with Gasteiger partial charge in [-0.05, 0) is 18.6 Å². The number of carbonyl (C=O) groups is 2. The number of carbonyl (C=O) groups excluding carboxylic acids is 2. The summed E-state index contributed by atoms with van der Waals surface area (Å²) in [5, 5.41) is 0. The summed E-state index contributed by atoms with van der Waals surface area (Å²) in [6, 6.07) is 5.04. The fourth-order valence-corrected chi connectivity index (χ4v) is 2.05. The minimum Gasteiger partial charge on any atom is -0.496 e. The Morgan fingerprint density at radius 3 is 2.67 bits per heavy atom. The summed E-state index contributed by atoms with van der Waals surface area (Å²) < 4.78 is 9.83. The molecule has 0 unspecified atom stereocenters. The van der Waals surface area contributed by atoms with E-state index in [1.54, 1.807) is 23.1 Å². The van der Waals surface area contributed by atoms with Gasteiger partial charge in [0.15, 0.2) is 0 Å². The first kappa shape index (κ1) is 12.4. The summed E-state index contributed by atoms with van der Waals surface area (Å²) >= 11 is 0. The number of rotatable bonds is 3. The molecule has 18 heavy (non-hydrogen) atoms. The lowest BCUT2D eigenvalue weighted by Gasteiger charge is -2.17. The lowest BCUT2D eigenvalue weighted by Crippen LogP contribution is -2.23. The van der Waals surface area contributed by atoms with Crippen LogP contribution in [0.3, 0.4) is 0 Å². The SMILES string of the molecule is COC(=O)c1ccc(N2CCCC2=O)cc1OC. The van der Waals surface area contributed by atoms with Crippen LogP contribution in [0.1, 0.15) is 23.2 Å². The van der Waals surface area contributed by atoms with E-state index in [1.807, 2.05) is 0 Å². The van der Waals surface area contributed by atoms with Crippen LogP contribution in [0.4, 0.5) is 5.69 Å². The molecule has 0 aromatic heterocycles. The number of methoxy groups -OCH3 is 2. The van der Waals surface area contributed by atoms with Crippen molar-refractivity contribution in [2.75, 3.05) is 25.7 Å². The highest BCUT2D eigenvalue weighted by Gasteiger charge is 2.23. The summed E-state index contributed by atoms with van der Waals surface area (Å²) in [5.41, 5.74) is 1.11. The standard InChI is InChI=1S/C13H15NO4/c1-17-11-8-9(14-7-3-4-12(14)15)5-6-10(11)13(16)18-2/h5-6,8H,3-4,7H2,1-2H3. The first-order valence-corrected chi connectivity index (χ1v) is 5.74. The molecule has 1 saturated heterocycles. The average Bonchev–Trinajstić information content (AvgIpc) is 2.83. The molecule has 0 saturated carbocycles. The number of ether oxygens (including phenoxy) is 2. The van der Waals surface area contributed by atoms with E-state index in [-0.39, 0.29) is 5.91 Å². The average molecular weight is 249 g/mol. The molecule has 96 valence electrons. The van der Waals surface area contributed by atoms with Gasteiger partial charge in [-0.2, -0.15) is 0 Å². The maximum absolute atomic E-state index is 11.6. The van der Waals surface area contributed by atoms with Gasteiger partial charge in [-0.15, -0.1) is 0 Å². The molecule has 1 aliphatic heterocycles. The Labute approximate surface area is 105 Å². The second-order valence-corrected chi connectivity index (χ2v) is 4.03. The van der Waals surface area contributed by atoms with Crippen molar-refractivity contribution in [3.05, 3.63) is 23.8 Å². The number of esters is 1. The van der Waals surface area contributed by atoms with E-state index in [1.165, 1.54) is 14.2 Å². The second kappa shape index (κ2) is 5.08. The van der Waals surface area contributed by atoms with Gasteiger partial charge in [-0.25, -0.2) is 4.79 Å². The molecule has 0 bridgehead atoms. The van der Waals surface area contributed by atoms with Gasteiger partial charge in [0, 0.05) is 24.7 Å². The summed E-state index contributed by atoms with van der Waals surface area (Å²) in [4.78, 5) is 24.8. The smallest absolute Gasteiger partial charge is 0.341 e. The van der Waals surface area contributed by atoms with Crippen molar-refractivity contribution < 1.29 is 19.1 Å². The van der Waals surface area contributed by atoms with Crippen molar-refractivity contribution in [3.8, 4) is 5.75 Å². The van der Waals surface area contributed by atoms with Crippen LogP contribution >= 0.6 is 0 Å². The molecule has 0 spiro atoms. The van der Waals surface area contributed by atoms with E-state index in [9.17, 15) is 9.59 Å². The quantitative estimate of drug-likeness (QED) is 0.764. The van der Waals surface area contributed by atoms with Crippen LogP contribution in [0.2, 0.25) is 0 Å². The monoisotopic (exact) mass is 249 g/mol. The third-order valence-electron chi connectivity index (χ3n) is 2.98. The zero-order chi connectivity index (χ0) is 13.1. The molecule has 1 fully saturated rings. The Morgan fingerprint density at radius 2 is 2.11 bits per heavy atom. The molecule has 1 amide bonds. The summed E-state index contributed by atoms with van der Waals surface area (Å²) in [6.07, 6.45) is 1.43. The molecule has 0 atom stereocenters. The van der Waals surface area contributed by atoms with E-state index < -0.39 is 5.97 Å². The van der Waals surface area contributed by atoms with Crippen molar-refractivity contribution in [1.82, 2.24) is 0 Å². The highest BCUT2D eigenvalue weighted by Crippen LogP contribution is 2.28. The van der Waals surface area contributed by atoms with Crippen LogP contribution in [0.25, 0.3) is 0 Å². The summed E-state index contributed by atoms with van der Waals surface area (Å²) in [6.45, 7) is 0.708. The first-order chi connectivity index (χ1) is 8.67. The van der Waals surface area contributed by atoms with E-state index >= 15 is 0 Å². The highest BCUT2D eigenvalue weighted by molar-refractivity contribution is 5.97. The van der Waals surface area contributed by atoms with Crippen molar-refractivity contribution in [2.45, 2.75) is 12.8 Å². The van der Waals surface area contributed by atoms with E-state index in [4.69, 9.17) is 4.74 Å². The van der Waals surface area contributed by atoms with Crippen LogP contribution < -0.4 is 9.64 Å². The van der Waals surface area contributed by atoms with E-state index in [0.29, 0.717) is 24.3 Å². The molecule has 5 heteroatoms. The first-order valence-electron chi connectivity index (χ1n) is 5.74. The minimum atomic E-state index is -0.453. The third kappa shape index (κ3) is 2.16. The molecule has 5 nitrogen and oxygen atoms in total. The lowest BCUT2D eigenvalue weighted by atomic mass is 10.1. The molecule has 2 rings (SSSR count). The molecule has 1 aromatic carbocycles. The van der Waals surface area contributed by atoms with E-state index in [2.05, 4.69) is 4.74 Å². The van der Waals surface area contributed by atoms with Crippen molar-refractivity contribution >= 4 is 17.6 Å². The normalized spacial score (nSPS) is 14.8. The highest BCUT2D eigenvalue weighted by atomic mass is 16.5. The molecular weight excluding hydrogens is 234 g/mol. The van der Waals surface area contributed by atoms with Gasteiger partial charge in [-0.3, -0.25) is 4.79 Å². The molecule has 0 aliphatic carbocycles. The van der Waals surface area contributed by atoms with Gasteiger partial charge in [0.2, 0.25) is 5.91 Å². The maximum atomic E-state index is 11.6. The Hall–Kier alpha value is -2.04. The van der Waals surface area contributed by atoms with Crippen molar-refractivity contribution in [3.63, 3.8) is 0 Å². The molecule has 0 N–H and O–H groups in total. The number of hydrogen-bond donors (Lipinski definition) is 0. The summed E-state index contributed by atoms with van der Waals surface area (Å²) in [7, 11) is 2.80. The van der Waals surface area contributed by atoms with Crippen LogP contribution in [0.15, 0.2) is 18.2 Å². The zero-order valence-corrected chi connectivity index (χ0v) is 10.4. The Balaban J connectivity index is 2.35. The minimum absolute atomic E-state index is 0.0999. The number of nitrogens with zero attached hydrogens (tertiary/aromatic N) is 1. The fraction of sp³-hybridized carbons (Fsp3) is 0.385. The van der Waals surface area contributed by atoms with Gasteiger partial charge in [0.1, 0.15) is 11.3 Å². The molecule has 1 aliphatic rings. The van der Waals surface area contributed by atoms with Gasteiger partial charge >= 0.3 is 5.97 Å². The molecule has 1 aromatic rings. The zero-order valence-electron chi connectivity index (χ0n) is 10.4. The lowest BCUT2D eigenvalue weighted by molar-refractivity contribution is -0.117. The number of benzene rings is 1. The topological polar surface area (TPSA) is 55.8 Å².